The summed E-state index contributed by atoms with van der Waals surface area (Å²) in [6.07, 6.45) is 7.26. The third-order valence-corrected chi connectivity index (χ3v) is 5.82. The van der Waals surface area contributed by atoms with Gasteiger partial charge >= 0.3 is 0 Å². The zero-order chi connectivity index (χ0) is 22.1. The first-order valence-corrected chi connectivity index (χ1v) is 10.6. The van der Waals surface area contributed by atoms with E-state index in [4.69, 9.17) is 0 Å². The second-order valence-electron chi connectivity index (χ2n) is 8.11. The summed E-state index contributed by atoms with van der Waals surface area (Å²) in [5.41, 5.74) is 8.43. The number of halogens is 1. The molecule has 1 atom stereocenters. The molecule has 4 aromatic rings. The van der Waals surface area contributed by atoms with Gasteiger partial charge in [0, 0.05) is 30.8 Å². The number of hydrogen-bond donors (Lipinski definition) is 0. The molecule has 3 heterocycles. The first-order valence-electron chi connectivity index (χ1n) is 10.6. The minimum atomic E-state index is -0.246. The van der Waals surface area contributed by atoms with Crippen LogP contribution in [0, 0.1) is 19.7 Å². The van der Waals surface area contributed by atoms with Gasteiger partial charge in [0.25, 0.3) is 0 Å². The van der Waals surface area contributed by atoms with Crippen molar-refractivity contribution in [2.24, 2.45) is 4.99 Å². The van der Waals surface area contributed by atoms with E-state index in [1.165, 1.54) is 28.3 Å². The van der Waals surface area contributed by atoms with Crippen molar-refractivity contribution in [1.82, 2.24) is 9.97 Å². The second kappa shape index (κ2) is 8.35. The van der Waals surface area contributed by atoms with E-state index >= 15 is 0 Å². The van der Waals surface area contributed by atoms with Gasteiger partial charge in [0.1, 0.15) is 11.5 Å². The van der Waals surface area contributed by atoms with Gasteiger partial charge < -0.3 is 4.90 Å². The van der Waals surface area contributed by atoms with E-state index in [1.54, 1.807) is 24.5 Å². The Bertz CT molecular complexity index is 1310. The van der Waals surface area contributed by atoms with Gasteiger partial charge in [-0.15, -0.1) is 0 Å². The molecule has 0 amide bonds. The first-order chi connectivity index (χ1) is 15.6. The van der Waals surface area contributed by atoms with Crippen LogP contribution in [-0.4, -0.2) is 16.2 Å². The lowest BCUT2D eigenvalue weighted by Gasteiger charge is -2.35. The van der Waals surface area contributed by atoms with Crippen LogP contribution in [0.4, 0.5) is 15.8 Å². The minimum absolute atomic E-state index is 0.163. The molecule has 0 spiro atoms. The van der Waals surface area contributed by atoms with Gasteiger partial charge in [0.2, 0.25) is 0 Å². The Balaban J connectivity index is 1.51. The highest BCUT2D eigenvalue weighted by Crippen LogP contribution is 2.39. The molecule has 5 rings (SSSR count). The molecule has 0 radical (unpaired) electrons. The molecule has 0 aliphatic carbocycles. The molecule has 0 saturated carbocycles. The van der Waals surface area contributed by atoms with Gasteiger partial charge in [-0.05, 0) is 72.0 Å². The summed E-state index contributed by atoms with van der Waals surface area (Å²) in [5, 5.41) is 0. The molecule has 0 fully saturated rings. The summed E-state index contributed by atoms with van der Waals surface area (Å²) in [6.45, 7) is 4.80. The molecule has 1 aliphatic rings. The summed E-state index contributed by atoms with van der Waals surface area (Å²) in [4.78, 5) is 15.4. The van der Waals surface area contributed by atoms with Crippen molar-refractivity contribution in [1.29, 1.82) is 0 Å². The largest absolute Gasteiger partial charge is 0.353 e. The van der Waals surface area contributed by atoms with E-state index in [2.05, 4.69) is 51.0 Å². The highest BCUT2D eigenvalue weighted by molar-refractivity contribution is 5.85. The average Bonchev–Trinajstić information content (AvgIpc) is 2.79. The zero-order valence-corrected chi connectivity index (χ0v) is 18.0. The number of aromatic nitrogens is 2. The van der Waals surface area contributed by atoms with Gasteiger partial charge in [0.15, 0.2) is 0 Å². The topological polar surface area (TPSA) is 41.4 Å². The summed E-state index contributed by atoms with van der Waals surface area (Å²) in [5.74, 6) is -0.246. The van der Waals surface area contributed by atoms with Crippen molar-refractivity contribution in [3.63, 3.8) is 0 Å². The van der Waals surface area contributed by atoms with Gasteiger partial charge in [-0.1, -0.05) is 30.3 Å². The number of rotatable bonds is 4. The monoisotopic (exact) mass is 422 g/mol. The van der Waals surface area contributed by atoms with Crippen LogP contribution < -0.4 is 4.90 Å². The maximum absolute atomic E-state index is 14.0. The fraction of sp³-hybridized carbons (Fsp3) is 0.148. The standard InChI is InChI=1S/C27H23FN4/c1-18-12-20(6-7-24(18)21-8-11-30-19(2)13-21)17-32-26-9-10-29-15-25(26)31-16-27(32)22-4-3-5-23(28)14-22/h3-16,27H,17H2,1-2H3. The highest BCUT2D eigenvalue weighted by Gasteiger charge is 2.26. The third kappa shape index (κ3) is 3.89. The fourth-order valence-corrected chi connectivity index (χ4v) is 4.30. The van der Waals surface area contributed by atoms with E-state index in [1.807, 2.05) is 37.5 Å². The second-order valence-corrected chi connectivity index (χ2v) is 8.11. The SMILES string of the molecule is Cc1cc(-c2ccc(CN3c4ccncc4N=CC3c3cccc(F)c3)cc2C)ccn1. The van der Waals surface area contributed by atoms with Crippen molar-refractivity contribution >= 4 is 17.6 Å². The molecule has 4 nitrogen and oxygen atoms in total. The smallest absolute Gasteiger partial charge is 0.123 e. The lowest BCUT2D eigenvalue weighted by Crippen LogP contribution is -2.31. The van der Waals surface area contributed by atoms with Crippen LogP contribution in [0.3, 0.4) is 0 Å². The van der Waals surface area contributed by atoms with Crippen molar-refractivity contribution in [3.8, 4) is 11.1 Å². The van der Waals surface area contributed by atoms with E-state index in [9.17, 15) is 4.39 Å². The summed E-state index contributed by atoms with van der Waals surface area (Å²) >= 11 is 0. The van der Waals surface area contributed by atoms with E-state index < -0.39 is 0 Å². The Kier molecular flexibility index (Phi) is 5.23. The molecule has 32 heavy (non-hydrogen) atoms. The number of nitrogens with zero attached hydrogens (tertiary/aromatic N) is 4. The lowest BCUT2D eigenvalue weighted by molar-refractivity contribution is 0.622. The van der Waals surface area contributed by atoms with Gasteiger partial charge in [-0.2, -0.15) is 0 Å². The molecule has 0 bridgehead atoms. The Labute approximate surface area is 187 Å². The molecule has 2 aromatic carbocycles. The van der Waals surface area contributed by atoms with Gasteiger partial charge in [-0.25, -0.2) is 4.39 Å². The highest BCUT2D eigenvalue weighted by atomic mass is 19.1. The quantitative estimate of drug-likeness (QED) is 0.384. The molecule has 0 N–H and O–H groups in total. The molecule has 1 unspecified atom stereocenters. The molecule has 0 saturated heterocycles. The summed E-state index contributed by atoms with van der Waals surface area (Å²) in [7, 11) is 0. The number of hydrogen-bond acceptors (Lipinski definition) is 4. The number of benzene rings is 2. The molecule has 1 aliphatic heterocycles. The van der Waals surface area contributed by atoms with Crippen LogP contribution in [0.2, 0.25) is 0 Å². The van der Waals surface area contributed by atoms with Crippen molar-refractivity contribution in [2.45, 2.75) is 26.4 Å². The van der Waals surface area contributed by atoms with Gasteiger partial charge in [0.05, 0.1) is 17.9 Å². The third-order valence-electron chi connectivity index (χ3n) is 5.82. The number of fused-ring (bicyclic) bond motifs is 1. The average molecular weight is 423 g/mol. The Morgan fingerprint density at radius 2 is 1.88 bits per heavy atom. The molecule has 158 valence electrons. The lowest BCUT2D eigenvalue weighted by atomic mass is 9.97. The van der Waals surface area contributed by atoms with Crippen LogP contribution >= 0.6 is 0 Å². The van der Waals surface area contributed by atoms with Crippen LogP contribution in [0.15, 0.2) is 84.2 Å². The molecule has 5 heteroatoms. The number of anilines is 1. The van der Waals surface area contributed by atoms with Crippen LogP contribution in [-0.2, 0) is 6.54 Å². The number of aliphatic imine (C=N–C) groups is 1. The van der Waals surface area contributed by atoms with Crippen molar-refractivity contribution in [2.75, 3.05) is 4.90 Å². The van der Waals surface area contributed by atoms with E-state index in [-0.39, 0.29) is 11.9 Å². The maximum Gasteiger partial charge on any atom is 0.123 e. The minimum Gasteiger partial charge on any atom is -0.353 e. The van der Waals surface area contributed by atoms with Crippen LogP contribution in [0.5, 0.6) is 0 Å². The normalized spacial score (nSPS) is 15.0. The predicted octanol–water partition coefficient (Wildman–Crippen LogP) is 6.36. The maximum atomic E-state index is 14.0. The fourth-order valence-electron chi connectivity index (χ4n) is 4.30. The van der Waals surface area contributed by atoms with Gasteiger partial charge in [-0.3, -0.25) is 15.0 Å². The molecular formula is C27H23FN4. The van der Waals surface area contributed by atoms with Crippen molar-refractivity contribution < 1.29 is 4.39 Å². The predicted molar refractivity (Wildman–Crippen MR) is 127 cm³/mol. The Hall–Kier alpha value is -3.86. The number of aryl methyl sites for hydroxylation is 2. The van der Waals surface area contributed by atoms with E-state index in [0.29, 0.717) is 6.54 Å². The molecule has 2 aromatic heterocycles. The summed E-state index contributed by atoms with van der Waals surface area (Å²) in [6, 6.07) is 19.2. The van der Waals surface area contributed by atoms with Crippen LogP contribution in [0.1, 0.15) is 28.4 Å². The Morgan fingerprint density at radius 1 is 0.969 bits per heavy atom. The molecular weight excluding hydrogens is 399 g/mol. The van der Waals surface area contributed by atoms with Crippen molar-refractivity contribution in [3.05, 3.63) is 107 Å². The Morgan fingerprint density at radius 3 is 2.69 bits per heavy atom. The zero-order valence-electron chi connectivity index (χ0n) is 18.0. The number of pyridine rings is 2. The summed E-state index contributed by atoms with van der Waals surface area (Å²) < 4.78 is 14.0. The van der Waals surface area contributed by atoms with E-state index in [0.717, 1.165) is 22.6 Å². The first kappa shape index (κ1) is 20.1. The van der Waals surface area contributed by atoms with Crippen LogP contribution in [0.25, 0.3) is 11.1 Å².